The van der Waals surface area contributed by atoms with Crippen LogP contribution < -0.4 is 0 Å². The summed E-state index contributed by atoms with van der Waals surface area (Å²) in [5, 5.41) is 9.99. The van der Waals surface area contributed by atoms with Gasteiger partial charge >= 0.3 is 0 Å². The molecule has 1 aromatic carbocycles. The molecule has 0 radical (unpaired) electrons. The van der Waals surface area contributed by atoms with E-state index in [1.165, 1.54) is 17.4 Å². The molecule has 2 heterocycles. The first-order valence-corrected chi connectivity index (χ1v) is 9.97. The molecule has 0 saturated carbocycles. The lowest BCUT2D eigenvalue weighted by atomic mass is 10.1. The molecule has 3 rings (SSSR count). The van der Waals surface area contributed by atoms with Gasteiger partial charge in [-0.1, -0.05) is 29.8 Å². The summed E-state index contributed by atoms with van der Waals surface area (Å²) in [5.41, 5.74) is 1.63. The third-order valence-electron chi connectivity index (χ3n) is 3.47. The predicted molar refractivity (Wildman–Crippen MR) is 96.6 cm³/mol. The topological polar surface area (TPSA) is 75.8 Å². The Bertz CT molecular complexity index is 1090. The Morgan fingerprint density at radius 2 is 2.21 bits per heavy atom. The number of fused-ring (bicyclic) bond motifs is 1. The number of para-hydroxylation sites is 1. The van der Waals surface area contributed by atoms with Crippen molar-refractivity contribution in [2.45, 2.75) is 6.54 Å². The standard InChI is InChI=1S/C16H12ClN3O2S2/c1-24(21,22)13(7-18)6-11-9-20(10-12-8-19-16(17)23-12)15-5-3-2-4-14(11)15/h2-6,8-9H,10H2,1H3/b13-6+. The van der Waals surface area contributed by atoms with Crippen LogP contribution in [-0.2, 0) is 16.4 Å². The summed E-state index contributed by atoms with van der Waals surface area (Å²) in [5.74, 6) is 0. The summed E-state index contributed by atoms with van der Waals surface area (Å²) in [6, 6.07) is 9.39. The van der Waals surface area contributed by atoms with E-state index < -0.39 is 9.84 Å². The number of thiazole rings is 1. The van der Waals surface area contributed by atoms with Gasteiger partial charge in [-0.05, 0) is 12.1 Å². The maximum Gasteiger partial charge on any atom is 0.185 e. The van der Waals surface area contributed by atoms with Crippen molar-refractivity contribution in [2.75, 3.05) is 6.26 Å². The Morgan fingerprint density at radius 3 is 2.83 bits per heavy atom. The van der Waals surface area contributed by atoms with Gasteiger partial charge in [-0.2, -0.15) is 5.26 Å². The fourth-order valence-corrected chi connectivity index (χ4v) is 3.89. The SMILES string of the molecule is CS(=O)(=O)/C(C#N)=C/c1cn(Cc2cnc(Cl)s2)c2ccccc12. The van der Waals surface area contributed by atoms with Crippen LogP contribution in [0.15, 0.2) is 41.6 Å². The van der Waals surface area contributed by atoms with Crippen LogP contribution in [0.2, 0.25) is 4.47 Å². The van der Waals surface area contributed by atoms with Crippen molar-refractivity contribution < 1.29 is 8.42 Å². The Hall–Kier alpha value is -2.14. The van der Waals surface area contributed by atoms with Crippen molar-refractivity contribution >= 4 is 49.8 Å². The van der Waals surface area contributed by atoms with Crippen molar-refractivity contribution in [3.63, 3.8) is 0 Å². The van der Waals surface area contributed by atoms with Gasteiger partial charge in [0.1, 0.15) is 11.0 Å². The van der Waals surface area contributed by atoms with Gasteiger partial charge in [-0.25, -0.2) is 13.4 Å². The minimum Gasteiger partial charge on any atom is -0.342 e. The monoisotopic (exact) mass is 377 g/mol. The van der Waals surface area contributed by atoms with E-state index in [1.54, 1.807) is 12.3 Å². The second-order valence-electron chi connectivity index (χ2n) is 5.20. The number of hydrogen-bond donors (Lipinski definition) is 0. The summed E-state index contributed by atoms with van der Waals surface area (Å²) < 4.78 is 25.8. The van der Waals surface area contributed by atoms with Gasteiger partial charge < -0.3 is 4.57 Å². The van der Waals surface area contributed by atoms with E-state index in [9.17, 15) is 8.42 Å². The molecular formula is C16H12ClN3O2S2. The smallest absolute Gasteiger partial charge is 0.185 e. The largest absolute Gasteiger partial charge is 0.342 e. The number of allylic oxidation sites excluding steroid dienone is 1. The van der Waals surface area contributed by atoms with Crippen molar-refractivity contribution in [1.82, 2.24) is 9.55 Å². The summed E-state index contributed by atoms with van der Waals surface area (Å²) in [4.78, 5) is 4.76. The Morgan fingerprint density at radius 1 is 1.46 bits per heavy atom. The van der Waals surface area contributed by atoms with Gasteiger partial charge in [0.25, 0.3) is 0 Å². The summed E-state index contributed by atoms with van der Waals surface area (Å²) in [6.07, 6.45) is 5.99. The molecule has 2 aromatic heterocycles. The number of sulfone groups is 1. The lowest BCUT2D eigenvalue weighted by molar-refractivity contribution is 0.609. The first kappa shape index (κ1) is 16.7. The van der Waals surface area contributed by atoms with E-state index >= 15 is 0 Å². The number of nitriles is 1. The van der Waals surface area contributed by atoms with Crippen LogP contribution in [0.1, 0.15) is 10.4 Å². The first-order chi connectivity index (χ1) is 11.4. The number of hydrogen-bond acceptors (Lipinski definition) is 5. The van der Waals surface area contributed by atoms with Gasteiger partial charge in [0.2, 0.25) is 0 Å². The maximum atomic E-state index is 11.7. The number of nitrogens with zero attached hydrogens (tertiary/aromatic N) is 3. The van der Waals surface area contributed by atoms with Gasteiger partial charge in [0.15, 0.2) is 14.3 Å². The summed E-state index contributed by atoms with van der Waals surface area (Å²) in [6.45, 7) is 0.569. The lowest BCUT2D eigenvalue weighted by Gasteiger charge is -2.01. The highest BCUT2D eigenvalue weighted by molar-refractivity contribution is 7.95. The van der Waals surface area contributed by atoms with E-state index in [-0.39, 0.29) is 4.91 Å². The van der Waals surface area contributed by atoms with Crippen LogP contribution in [0.4, 0.5) is 0 Å². The molecule has 0 atom stereocenters. The second kappa shape index (κ2) is 6.40. The molecule has 5 nitrogen and oxygen atoms in total. The molecular weight excluding hydrogens is 366 g/mol. The van der Waals surface area contributed by atoms with Crippen LogP contribution in [-0.4, -0.2) is 24.2 Å². The number of rotatable bonds is 4. The molecule has 0 spiro atoms. The third kappa shape index (κ3) is 3.36. The zero-order valence-corrected chi connectivity index (χ0v) is 15.0. The average molecular weight is 378 g/mol. The molecule has 0 aliphatic carbocycles. The van der Waals surface area contributed by atoms with Crippen molar-refractivity contribution in [1.29, 1.82) is 5.26 Å². The number of benzene rings is 1. The second-order valence-corrected chi connectivity index (χ2v) is 8.88. The van der Waals surface area contributed by atoms with Crippen molar-refractivity contribution in [3.8, 4) is 6.07 Å². The molecule has 0 unspecified atom stereocenters. The molecule has 8 heteroatoms. The molecule has 0 fully saturated rings. The van der Waals surface area contributed by atoms with Gasteiger partial charge in [-0.3, -0.25) is 0 Å². The lowest BCUT2D eigenvalue weighted by Crippen LogP contribution is -1.98. The molecule has 24 heavy (non-hydrogen) atoms. The van der Waals surface area contributed by atoms with Gasteiger partial charge in [-0.15, -0.1) is 11.3 Å². The molecule has 0 N–H and O–H groups in total. The predicted octanol–water partition coefficient (Wildman–Crippen LogP) is 3.71. The summed E-state index contributed by atoms with van der Waals surface area (Å²) >= 11 is 7.27. The maximum absolute atomic E-state index is 11.7. The average Bonchev–Trinajstić information content (AvgIpc) is 3.08. The Kier molecular flexibility index (Phi) is 4.45. The number of halogens is 1. The van der Waals surface area contributed by atoms with Crippen LogP contribution in [0.25, 0.3) is 17.0 Å². The van der Waals surface area contributed by atoms with Crippen LogP contribution in [0.5, 0.6) is 0 Å². The summed E-state index contributed by atoms with van der Waals surface area (Å²) in [7, 11) is -3.56. The Labute approximate surface area is 148 Å². The molecule has 0 saturated heterocycles. The molecule has 0 amide bonds. The molecule has 0 aliphatic heterocycles. The highest BCUT2D eigenvalue weighted by atomic mass is 35.5. The first-order valence-electron chi connectivity index (χ1n) is 6.88. The molecule has 122 valence electrons. The van der Waals surface area contributed by atoms with E-state index in [0.717, 1.165) is 22.0 Å². The van der Waals surface area contributed by atoms with Crippen LogP contribution in [0, 0.1) is 11.3 Å². The zero-order chi connectivity index (χ0) is 17.3. The fraction of sp³-hybridized carbons (Fsp3) is 0.125. The third-order valence-corrected chi connectivity index (χ3v) is 5.57. The van der Waals surface area contributed by atoms with Crippen LogP contribution >= 0.6 is 22.9 Å². The van der Waals surface area contributed by atoms with Crippen molar-refractivity contribution in [2.24, 2.45) is 0 Å². The highest BCUT2D eigenvalue weighted by Gasteiger charge is 2.14. The minimum absolute atomic E-state index is 0.258. The van der Waals surface area contributed by atoms with Crippen molar-refractivity contribution in [3.05, 3.63) is 56.5 Å². The highest BCUT2D eigenvalue weighted by Crippen LogP contribution is 2.27. The normalized spacial score (nSPS) is 12.5. The zero-order valence-electron chi connectivity index (χ0n) is 12.6. The van der Waals surface area contributed by atoms with E-state index in [4.69, 9.17) is 16.9 Å². The van der Waals surface area contributed by atoms with E-state index in [0.29, 0.717) is 16.6 Å². The molecule has 3 aromatic rings. The number of aromatic nitrogens is 2. The Balaban J connectivity index is 2.14. The van der Waals surface area contributed by atoms with E-state index in [1.807, 2.05) is 35.0 Å². The quantitative estimate of drug-likeness (QED) is 0.649. The molecule has 0 bridgehead atoms. The van der Waals surface area contributed by atoms with Gasteiger partial charge in [0.05, 0.1) is 6.54 Å². The fourth-order valence-electron chi connectivity index (χ4n) is 2.41. The minimum atomic E-state index is -3.56. The van der Waals surface area contributed by atoms with Gasteiger partial charge in [0, 0.05) is 40.0 Å². The van der Waals surface area contributed by atoms with E-state index in [2.05, 4.69) is 4.98 Å². The molecule has 0 aliphatic rings. The van der Waals surface area contributed by atoms with Crippen LogP contribution in [0.3, 0.4) is 0 Å².